The Balaban J connectivity index is 1.51. The van der Waals surface area contributed by atoms with Gasteiger partial charge in [0.2, 0.25) is 5.91 Å². The molecule has 2 N–H and O–H groups in total. The van der Waals surface area contributed by atoms with Crippen molar-refractivity contribution in [1.82, 2.24) is 10.6 Å². The molecule has 1 heterocycles. The van der Waals surface area contributed by atoms with Crippen molar-refractivity contribution in [2.24, 2.45) is 5.92 Å². The number of rotatable bonds is 8. The molecule has 0 bridgehead atoms. The van der Waals surface area contributed by atoms with Crippen LogP contribution < -0.4 is 15.4 Å². The van der Waals surface area contributed by atoms with E-state index in [1.54, 1.807) is 0 Å². The first-order chi connectivity index (χ1) is 10.8. The molecule has 2 rings (SSSR count). The molecule has 1 aliphatic rings. The van der Waals surface area contributed by atoms with E-state index in [2.05, 4.69) is 10.6 Å². The van der Waals surface area contributed by atoms with Gasteiger partial charge in [-0.15, -0.1) is 0 Å². The van der Waals surface area contributed by atoms with Crippen LogP contribution in [0.1, 0.15) is 37.7 Å². The predicted octanol–water partition coefficient (Wildman–Crippen LogP) is 2.66. The summed E-state index contributed by atoms with van der Waals surface area (Å²) in [6.07, 6.45) is 4.93. The van der Waals surface area contributed by atoms with E-state index in [-0.39, 0.29) is 5.91 Å². The summed E-state index contributed by atoms with van der Waals surface area (Å²) >= 11 is 0. The van der Waals surface area contributed by atoms with Crippen LogP contribution in [-0.2, 0) is 4.79 Å². The third-order valence-corrected chi connectivity index (χ3v) is 4.23. The number of hydrogen-bond donors (Lipinski definition) is 2. The summed E-state index contributed by atoms with van der Waals surface area (Å²) in [4.78, 5) is 11.8. The van der Waals surface area contributed by atoms with Crippen LogP contribution in [0.5, 0.6) is 5.75 Å². The summed E-state index contributed by atoms with van der Waals surface area (Å²) in [5.41, 5.74) is 1.15. The van der Waals surface area contributed by atoms with E-state index in [0.717, 1.165) is 43.2 Å². The summed E-state index contributed by atoms with van der Waals surface area (Å²) in [6, 6.07) is 8.00. The van der Waals surface area contributed by atoms with Gasteiger partial charge < -0.3 is 15.4 Å². The number of ether oxygens (including phenoxy) is 1. The minimum Gasteiger partial charge on any atom is -0.493 e. The van der Waals surface area contributed by atoms with Crippen LogP contribution in [0.25, 0.3) is 0 Å². The number of carbonyl (C=O) groups is 1. The molecule has 4 heteroatoms. The van der Waals surface area contributed by atoms with E-state index in [1.165, 1.54) is 12.8 Å². The normalized spacial score (nSPS) is 15.5. The van der Waals surface area contributed by atoms with E-state index < -0.39 is 0 Å². The molecular formula is C18H28N2O2. The van der Waals surface area contributed by atoms with Crippen molar-refractivity contribution in [2.45, 2.75) is 39.0 Å². The van der Waals surface area contributed by atoms with E-state index in [4.69, 9.17) is 4.74 Å². The fourth-order valence-electron chi connectivity index (χ4n) is 2.79. The Hall–Kier alpha value is -1.55. The zero-order valence-electron chi connectivity index (χ0n) is 13.6. The second-order valence-electron chi connectivity index (χ2n) is 6.05. The van der Waals surface area contributed by atoms with Crippen molar-refractivity contribution >= 4 is 5.91 Å². The topological polar surface area (TPSA) is 50.4 Å². The number of para-hydroxylation sites is 1. The Kier molecular flexibility index (Phi) is 7.23. The molecule has 1 aromatic carbocycles. The van der Waals surface area contributed by atoms with E-state index in [9.17, 15) is 4.79 Å². The molecule has 0 aliphatic carbocycles. The number of benzene rings is 1. The number of aryl methyl sites for hydroxylation is 1. The molecular weight excluding hydrogens is 276 g/mol. The Morgan fingerprint density at radius 3 is 2.86 bits per heavy atom. The first-order valence-electron chi connectivity index (χ1n) is 8.41. The first-order valence-corrected chi connectivity index (χ1v) is 8.41. The van der Waals surface area contributed by atoms with E-state index >= 15 is 0 Å². The fraction of sp³-hybridized carbons (Fsp3) is 0.611. The van der Waals surface area contributed by atoms with Crippen molar-refractivity contribution < 1.29 is 9.53 Å². The van der Waals surface area contributed by atoms with Gasteiger partial charge in [0.25, 0.3) is 0 Å². The molecule has 0 saturated carbocycles. The van der Waals surface area contributed by atoms with Crippen molar-refractivity contribution in [2.75, 3.05) is 26.2 Å². The van der Waals surface area contributed by atoms with Gasteiger partial charge in [-0.25, -0.2) is 0 Å². The molecule has 1 aromatic rings. The highest BCUT2D eigenvalue weighted by atomic mass is 16.5. The van der Waals surface area contributed by atoms with Gasteiger partial charge in [-0.3, -0.25) is 4.79 Å². The minimum atomic E-state index is 0.175. The van der Waals surface area contributed by atoms with Gasteiger partial charge in [0.15, 0.2) is 0 Å². The molecule has 1 aliphatic heterocycles. The Morgan fingerprint density at radius 1 is 1.32 bits per heavy atom. The number of carbonyl (C=O) groups excluding carboxylic acids is 1. The summed E-state index contributed by atoms with van der Waals surface area (Å²) in [5, 5.41) is 6.34. The quantitative estimate of drug-likeness (QED) is 0.726. The minimum absolute atomic E-state index is 0.175. The molecule has 0 radical (unpaired) electrons. The maximum Gasteiger partial charge on any atom is 0.220 e. The average Bonchev–Trinajstić information content (AvgIpc) is 2.55. The van der Waals surface area contributed by atoms with Crippen LogP contribution in [0.15, 0.2) is 24.3 Å². The first kappa shape index (κ1) is 16.8. The van der Waals surface area contributed by atoms with Gasteiger partial charge >= 0.3 is 0 Å². The molecule has 1 amide bonds. The van der Waals surface area contributed by atoms with E-state index in [1.807, 2.05) is 31.2 Å². The van der Waals surface area contributed by atoms with Crippen molar-refractivity contribution in [3.8, 4) is 5.75 Å². The molecule has 1 saturated heterocycles. The van der Waals surface area contributed by atoms with Crippen molar-refractivity contribution in [3.63, 3.8) is 0 Å². The molecule has 0 atom stereocenters. The lowest BCUT2D eigenvalue weighted by atomic mass is 9.93. The summed E-state index contributed by atoms with van der Waals surface area (Å²) < 4.78 is 5.72. The van der Waals surface area contributed by atoms with Gasteiger partial charge in [0.05, 0.1) is 6.61 Å². The predicted molar refractivity (Wildman–Crippen MR) is 89.1 cm³/mol. The lowest BCUT2D eigenvalue weighted by molar-refractivity contribution is -0.121. The highest BCUT2D eigenvalue weighted by molar-refractivity contribution is 5.75. The third kappa shape index (κ3) is 6.06. The monoisotopic (exact) mass is 304 g/mol. The number of nitrogens with one attached hydrogen (secondary N) is 2. The van der Waals surface area contributed by atoms with Crippen LogP contribution in [0, 0.1) is 12.8 Å². The van der Waals surface area contributed by atoms with Gasteiger partial charge in [-0.2, -0.15) is 0 Å². The molecule has 122 valence electrons. The SMILES string of the molecule is Cc1ccccc1OCCCNC(=O)CCC1CCNCC1. The smallest absolute Gasteiger partial charge is 0.220 e. The largest absolute Gasteiger partial charge is 0.493 e. The van der Waals surface area contributed by atoms with Gasteiger partial charge in [-0.05, 0) is 63.2 Å². The third-order valence-electron chi connectivity index (χ3n) is 4.23. The molecule has 0 spiro atoms. The van der Waals surface area contributed by atoms with Crippen LogP contribution >= 0.6 is 0 Å². The highest BCUT2D eigenvalue weighted by Crippen LogP contribution is 2.17. The summed E-state index contributed by atoms with van der Waals surface area (Å²) in [7, 11) is 0. The highest BCUT2D eigenvalue weighted by Gasteiger charge is 2.14. The number of piperidine rings is 1. The maximum absolute atomic E-state index is 11.8. The Morgan fingerprint density at radius 2 is 2.09 bits per heavy atom. The Labute approximate surface area is 133 Å². The van der Waals surface area contributed by atoms with Gasteiger partial charge in [0, 0.05) is 13.0 Å². The fourth-order valence-corrected chi connectivity index (χ4v) is 2.79. The molecule has 0 unspecified atom stereocenters. The second kappa shape index (κ2) is 9.46. The lowest BCUT2D eigenvalue weighted by Crippen LogP contribution is -2.30. The number of hydrogen-bond acceptors (Lipinski definition) is 3. The zero-order valence-corrected chi connectivity index (χ0v) is 13.6. The standard InChI is InChI=1S/C18H28N2O2/c1-15-5-2-3-6-17(15)22-14-4-11-20-18(21)8-7-16-9-12-19-13-10-16/h2-3,5-6,16,19H,4,7-14H2,1H3,(H,20,21). The molecule has 22 heavy (non-hydrogen) atoms. The van der Waals surface area contributed by atoms with Crippen molar-refractivity contribution in [3.05, 3.63) is 29.8 Å². The molecule has 0 aromatic heterocycles. The Bertz CT molecular complexity index is 456. The average molecular weight is 304 g/mol. The van der Waals surface area contributed by atoms with Crippen LogP contribution in [0.3, 0.4) is 0 Å². The van der Waals surface area contributed by atoms with Crippen LogP contribution in [0.2, 0.25) is 0 Å². The zero-order chi connectivity index (χ0) is 15.6. The van der Waals surface area contributed by atoms with Gasteiger partial charge in [0.1, 0.15) is 5.75 Å². The lowest BCUT2D eigenvalue weighted by Gasteiger charge is -2.22. The summed E-state index contributed by atoms with van der Waals surface area (Å²) in [6.45, 7) is 5.57. The summed E-state index contributed by atoms with van der Waals surface area (Å²) in [5.74, 6) is 1.82. The molecule has 4 nitrogen and oxygen atoms in total. The van der Waals surface area contributed by atoms with Crippen molar-refractivity contribution in [1.29, 1.82) is 0 Å². The van der Waals surface area contributed by atoms with Gasteiger partial charge in [-0.1, -0.05) is 18.2 Å². The van der Waals surface area contributed by atoms with Crippen LogP contribution in [0.4, 0.5) is 0 Å². The maximum atomic E-state index is 11.8. The van der Waals surface area contributed by atoms with E-state index in [0.29, 0.717) is 19.6 Å². The number of amides is 1. The molecule has 1 fully saturated rings. The second-order valence-corrected chi connectivity index (χ2v) is 6.05. The van der Waals surface area contributed by atoms with Crippen LogP contribution in [-0.4, -0.2) is 32.1 Å².